The molecule has 0 aliphatic heterocycles. The second-order valence-electron chi connectivity index (χ2n) is 4.61. The molecule has 15 heavy (non-hydrogen) atoms. The normalized spacial score (nSPS) is 16.9. The van der Waals surface area contributed by atoms with Crippen LogP contribution in [0, 0.1) is 5.92 Å². The van der Waals surface area contributed by atoms with E-state index in [9.17, 15) is 4.79 Å². The molecule has 0 N–H and O–H groups in total. The molecule has 0 spiro atoms. The van der Waals surface area contributed by atoms with E-state index in [2.05, 4.69) is 12.1 Å². The summed E-state index contributed by atoms with van der Waals surface area (Å²) in [7, 11) is 0. The van der Waals surface area contributed by atoms with Crippen molar-refractivity contribution in [3.05, 3.63) is 35.4 Å². The zero-order valence-electron chi connectivity index (χ0n) is 9.33. The molecule has 1 saturated carbocycles. The Morgan fingerprint density at radius 1 is 1.33 bits per heavy atom. The lowest BCUT2D eigenvalue weighted by Gasteiger charge is -2.09. The molecule has 0 heterocycles. The van der Waals surface area contributed by atoms with Gasteiger partial charge in [0.25, 0.3) is 0 Å². The lowest BCUT2D eigenvalue weighted by atomic mass is 9.96. The van der Waals surface area contributed by atoms with Crippen molar-refractivity contribution in [1.29, 1.82) is 0 Å². The maximum Gasteiger partial charge on any atom is 0.159 e. The molecule has 1 nitrogen and oxygen atoms in total. The third kappa shape index (κ3) is 2.68. The second kappa shape index (κ2) is 4.61. The number of hydrogen-bond acceptors (Lipinski definition) is 1. The molecular formula is C14H18O. The number of ketones is 1. The monoisotopic (exact) mass is 202 g/mol. The minimum atomic E-state index is 0.170. The van der Waals surface area contributed by atoms with E-state index in [1.807, 2.05) is 12.1 Å². The summed E-state index contributed by atoms with van der Waals surface area (Å²) in [5, 5.41) is 0. The van der Waals surface area contributed by atoms with Gasteiger partial charge in [0.2, 0.25) is 0 Å². The zero-order valence-corrected chi connectivity index (χ0v) is 9.33. The summed E-state index contributed by atoms with van der Waals surface area (Å²) in [4.78, 5) is 11.2. The molecule has 0 bridgehead atoms. The van der Waals surface area contributed by atoms with Gasteiger partial charge >= 0.3 is 0 Å². The van der Waals surface area contributed by atoms with Gasteiger partial charge in [0.1, 0.15) is 0 Å². The molecule has 1 aliphatic rings. The van der Waals surface area contributed by atoms with Crippen LogP contribution in [0.5, 0.6) is 0 Å². The van der Waals surface area contributed by atoms with Crippen molar-refractivity contribution in [3.63, 3.8) is 0 Å². The van der Waals surface area contributed by atoms with Gasteiger partial charge in [0.15, 0.2) is 5.78 Å². The Hall–Kier alpha value is -1.11. The van der Waals surface area contributed by atoms with E-state index in [0.717, 1.165) is 17.9 Å². The van der Waals surface area contributed by atoms with Crippen molar-refractivity contribution in [3.8, 4) is 0 Å². The molecular weight excluding hydrogens is 184 g/mol. The van der Waals surface area contributed by atoms with Crippen molar-refractivity contribution in [2.75, 3.05) is 0 Å². The fourth-order valence-electron chi connectivity index (χ4n) is 2.47. The fourth-order valence-corrected chi connectivity index (χ4v) is 2.47. The number of rotatable bonds is 3. The first-order chi connectivity index (χ1) is 7.25. The van der Waals surface area contributed by atoms with E-state index in [-0.39, 0.29) is 5.78 Å². The van der Waals surface area contributed by atoms with Crippen LogP contribution in [0.4, 0.5) is 0 Å². The van der Waals surface area contributed by atoms with Crippen LogP contribution in [0.25, 0.3) is 0 Å². The molecule has 1 fully saturated rings. The summed E-state index contributed by atoms with van der Waals surface area (Å²) in [5.74, 6) is 1.02. The van der Waals surface area contributed by atoms with Crippen LogP contribution in [0.2, 0.25) is 0 Å². The molecule has 1 aromatic rings. The van der Waals surface area contributed by atoms with Crippen molar-refractivity contribution in [2.45, 2.75) is 39.0 Å². The highest BCUT2D eigenvalue weighted by Gasteiger charge is 2.15. The van der Waals surface area contributed by atoms with E-state index in [4.69, 9.17) is 0 Å². The molecule has 80 valence electrons. The molecule has 0 atom stereocenters. The van der Waals surface area contributed by atoms with Gasteiger partial charge in [-0.05, 0) is 30.9 Å². The minimum absolute atomic E-state index is 0.170. The molecule has 1 aliphatic carbocycles. The van der Waals surface area contributed by atoms with Crippen LogP contribution in [0.1, 0.15) is 48.5 Å². The predicted octanol–water partition coefficient (Wildman–Crippen LogP) is 3.62. The average Bonchev–Trinajstić information content (AvgIpc) is 2.71. The summed E-state index contributed by atoms with van der Waals surface area (Å²) in [6.07, 6.45) is 6.66. The lowest BCUT2D eigenvalue weighted by Crippen LogP contribution is -2.00. The highest BCUT2D eigenvalue weighted by atomic mass is 16.1. The van der Waals surface area contributed by atoms with Gasteiger partial charge in [0, 0.05) is 5.56 Å². The van der Waals surface area contributed by atoms with Gasteiger partial charge in [-0.2, -0.15) is 0 Å². The van der Waals surface area contributed by atoms with E-state index >= 15 is 0 Å². The van der Waals surface area contributed by atoms with E-state index < -0.39 is 0 Å². The molecule has 0 unspecified atom stereocenters. The minimum Gasteiger partial charge on any atom is -0.295 e. The maximum atomic E-state index is 11.2. The summed E-state index contributed by atoms with van der Waals surface area (Å²) in [6.45, 7) is 1.63. The van der Waals surface area contributed by atoms with Gasteiger partial charge < -0.3 is 0 Å². The number of Topliss-reactive ketones (excluding diaryl/α,β-unsaturated/α-hetero) is 1. The molecule has 0 saturated heterocycles. The Bertz CT molecular complexity index is 348. The van der Waals surface area contributed by atoms with Crippen LogP contribution in [-0.4, -0.2) is 5.78 Å². The van der Waals surface area contributed by atoms with Gasteiger partial charge in [-0.15, -0.1) is 0 Å². The molecule has 1 aromatic carbocycles. The highest BCUT2D eigenvalue weighted by Crippen LogP contribution is 2.28. The van der Waals surface area contributed by atoms with Gasteiger partial charge in [0.05, 0.1) is 0 Å². The van der Waals surface area contributed by atoms with Gasteiger partial charge in [-0.25, -0.2) is 0 Å². The first-order valence-corrected chi connectivity index (χ1v) is 5.85. The van der Waals surface area contributed by atoms with Crippen molar-refractivity contribution in [1.82, 2.24) is 0 Å². The Balaban J connectivity index is 2.07. The number of carbonyl (C=O) groups is 1. The molecule has 0 aromatic heterocycles. The SMILES string of the molecule is CC(=O)c1cccc(CC2CCCC2)c1. The number of carbonyl (C=O) groups excluding carboxylic acids is 1. The first-order valence-electron chi connectivity index (χ1n) is 5.85. The Morgan fingerprint density at radius 2 is 2.07 bits per heavy atom. The third-order valence-corrected chi connectivity index (χ3v) is 3.33. The lowest BCUT2D eigenvalue weighted by molar-refractivity contribution is 0.101. The predicted molar refractivity (Wildman–Crippen MR) is 62.1 cm³/mol. The molecule has 1 heteroatoms. The summed E-state index contributed by atoms with van der Waals surface area (Å²) >= 11 is 0. The summed E-state index contributed by atoms with van der Waals surface area (Å²) in [6, 6.07) is 8.10. The van der Waals surface area contributed by atoms with Crippen LogP contribution in [-0.2, 0) is 6.42 Å². The number of hydrogen-bond donors (Lipinski definition) is 0. The van der Waals surface area contributed by atoms with Crippen LogP contribution < -0.4 is 0 Å². The van der Waals surface area contributed by atoms with E-state index in [0.29, 0.717) is 0 Å². The van der Waals surface area contributed by atoms with E-state index in [1.54, 1.807) is 6.92 Å². The fraction of sp³-hybridized carbons (Fsp3) is 0.500. The Morgan fingerprint density at radius 3 is 2.73 bits per heavy atom. The third-order valence-electron chi connectivity index (χ3n) is 3.33. The molecule has 0 amide bonds. The van der Waals surface area contributed by atoms with Crippen molar-refractivity contribution >= 4 is 5.78 Å². The van der Waals surface area contributed by atoms with Crippen molar-refractivity contribution < 1.29 is 4.79 Å². The van der Waals surface area contributed by atoms with Gasteiger partial charge in [-0.1, -0.05) is 43.9 Å². The first kappa shape index (κ1) is 10.4. The summed E-state index contributed by atoms with van der Waals surface area (Å²) in [5.41, 5.74) is 2.18. The quantitative estimate of drug-likeness (QED) is 0.684. The number of benzene rings is 1. The van der Waals surface area contributed by atoms with Crippen LogP contribution in [0.15, 0.2) is 24.3 Å². The largest absolute Gasteiger partial charge is 0.295 e. The van der Waals surface area contributed by atoms with Gasteiger partial charge in [-0.3, -0.25) is 4.79 Å². The van der Waals surface area contributed by atoms with Crippen molar-refractivity contribution in [2.24, 2.45) is 5.92 Å². The summed E-state index contributed by atoms with van der Waals surface area (Å²) < 4.78 is 0. The molecule has 0 radical (unpaired) electrons. The highest BCUT2D eigenvalue weighted by molar-refractivity contribution is 5.94. The van der Waals surface area contributed by atoms with E-state index in [1.165, 1.54) is 31.2 Å². The van der Waals surface area contributed by atoms with Crippen LogP contribution in [0.3, 0.4) is 0 Å². The van der Waals surface area contributed by atoms with Crippen LogP contribution >= 0.6 is 0 Å². The average molecular weight is 202 g/mol. The Labute approximate surface area is 91.5 Å². The Kier molecular flexibility index (Phi) is 3.20. The molecule has 2 rings (SSSR count). The topological polar surface area (TPSA) is 17.1 Å². The standard InChI is InChI=1S/C14H18O/c1-11(15)14-8-4-7-13(10-14)9-12-5-2-3-6-12/h4,7-8,10,12H,2-3,5-6,9H2,1H3. The smallest absolute Gasteiger partial charge is 0.159 e. The maximum absolute atomic E-state index is 11.2. The second-order valence-corrected chi connectivity index (χ2v) is 4.61. The zero-order chi connectivity index (χ0) is 10.7.